The quantitative estimate of drug-likeness (QED) is 0.102. The second-order valence-corrected chi connectivity index (χ2v) is 26.3. The number of amides is 8. The number of primary amides is 2. The van der Waals surface area contributed by atoms with E-state index < -0.39 is 82.5 Å². The highest BCUT2D eigenvalue weighted by Gasteiger charge is 2.71. The molecular weight excluding hydrogens is 975 g/mol. The summed E-state index contributed by atoms with van der Waals surface area (Å²) in [4.78, 5) is 123. The fraction of sp³-hybridized carbons (Fsp3) is 0.839. The van der Waals surface area contributed by atoms with Gasteiger partial charge in [0, 0.05) is 18.6 Å². The van der Waals surface area contributed by atoms with E-state index >= 15 is 0 Å². The Labute approximate surface area is 452 Å². The average Bonchev–Trinajstić information content (AvgIpc) is 3.75. The van der Waals surface area contributed by atoms with E-state index in [1.165, 1.54) is 7.11 Å². The van der Waals surface area contributed by atoms with E-state index in [-0.39, 0.29) is 57.6 Å². The van der Waals surface area contributed by atoms with Crippen molar-refractivity contribution in [1.82, 2.24) is 31.1 Å². The van der Waals surface area contributed by atoms with Crippen LogP contribution in [0.15, 0.2) is 0 Å². The molecule has 4 heterocycles. The highest BCUT2D eigenvalue weighted by Crippen LogP contribution is 2.66. The number of ketones is 2. The van der Waals surface area contributed by atoms with Gasteiger partial charge in [-0.25, -0.2) is 9.68 Å². The van der Waals surface area contributed by atoms with Crippen molar-refractivity contribution in [1.29, 1.82) is 0 Å². The zero-order valence-corrected chi connectivity index (χ0v) is 48.1. The van der Waals surface area contributed by atoms with E-state index in [4.69, 9.17) is 22.5 Å². The largest absolute Gasteiger partial charge is 0.363 e. The molecule has 432 valence electrons. The molecule has 0 aromatic carbocycles. The van der Waals surface area contributed by atoms with Gasteiger partial charge in [0.15, 0.2) is 0 Å². The maximum Gasteiger partial charge on any atom is 0.315 e. The van der Waals surface area contributed by atoms with Crippen LogP contribution in [0.2, 0.25) is 0 Å². The molecule has 8 amide bonds. The summed E-state index contributed by atoms with van der Waals surface area (Å²) in [6, 6.07) is -5.41. The number of urea groups is 1. The van der Waals surface area contributed by atoms with Crippen molar-refractivity contribution in [2.45, 2.75) is 234 Å². The highest BCUT2D eigenvalue weighted by molar-refractivity contribution is 6.38. The van der Waals surface area contributed by atoms with Crippen LogP contribution in [-0.4, -0.2) is 130 Å². The van der Waals surface area contributed by atoms with Gasteiger partial charge >= 0.3 is 6.03 Å². The molecule has 0 spiro atoms. The van der Waals surface area contributed by atoms with Gasteiger partial charge in [-0.3, -0.25) is 43.6 Å². The van der Waals surface area contributed by atoms with E-state index in [2.05, 4.69) is 53.8 Å². The summed E-state index contributed by atoms with van der Waals surface area (Å²) in [5.74, 6) is -4.72. The van der Waals surface area contributed by atoms with Crippen molar-refractivity contribution in [3.8, 4) is 0 Å². The first-order valence-electron chi connectivity index (χ1n) is 28.2. The minimum atomic E-state index is -1.07. The van der Waals surface area contributed by atoms with Crippen LogP contribution < -0.4 is 38.5 Å². The summed E-state index contributed by atoms with van der Waals surface area (Å²) in [7, 11) is 1.18. The molecule has 2 unspecified atom stereocenters. The van der Waals surface area contributed by atoms with Gasteiger partial charge in [0.2, 0.25) is 35.2 Å². The van der Waals surface area contributed by atoms with E-state index in [0.717, 1.165) is 96.3 Å². The number of piperidine rings is 2. The lowest BCUT2D eigenvalue weighted by Gasteiger charge is -2.40. The van der Waals surface area contributed by atoms with Gasteiger partial charge in [-0.2, -0.15) is 0 Å². The van der Waals surface area contributed by atoms with Gasteiger partial charge in [-0.05, 0) is 91.8 Å². The van der Waals surface area contributed by atoms with Crippen molar-refractivity contribution in [2.75, 3.05) is 20.2 Å². The minimum Gasteiger partial charge on any atom is -0.363 e. The Kier molecular flexibility index (Phi) is 22.1. The number of fused-ring (bicyclic) bond motifs is 6. The standard InChI is InChI=1S/C30H51N5O5.C25H42N4O4.CH4O2/c1-28(2,3)34-27(40)33-23-26(39)35-17-18-20(30(18,6)7)21(35)25(38)32-19(22(36)24(31)37)15-13-11-9-8-10-12-14-16-29(23,4)5;1-24(2)13-11-9-7-5-6-8-10-12-16(19(30)21(27)31)28-22(32)18-17-15(25(17,3)4)14-29(18)23(33)20(24)26;1-3-2/h18-21,23H,8-17H2,1-7H3,(H2,31,37)(H,32,38)(H2,33,34,40);15-18,20H,5-14,26H2,1-4H3,(H2,27,31)(H,28,32);2H,1H3/t18?,19-,20-,21-,23+;15?,16-,17-,18-,20+;/m00./s1. The van der Waals surface area contributed by atoms with Gasteiger partial charge in [-0.15, -0.1) is 0 Å². The second kappa shape index (κ2) is 26.3. The number of hydrogen-bond donors (Lipinski definition) is 8. The number of nitrogens with two attached hydrogens (primary N) is 3. The summed E-state index contributed by atoms with van der Waals surface area (Å²) in [5.41, 5.74) is 15.5. The zero-order valence-electron chi connectivity index (χ0n) is 48.1. The molecule has 20 nitrogen and oxygen atoms in total. The van der Waals surface area contributed by atoms with Crippen LogP contribution in [0.3, 0.4) is 0 Å². The van der Waals surface area contributed by atoms with E-state index in [1.807, 2.05) is 48.5 Å². The van der Waals surface area contributed by atoms with Crippen LogP contribution in [0.4, 0.5) is 4.79 Å². The SMILES string of the molecule is CC(C)(C)NC(=O)N[C@@H]1C(=O)N2CC3[C@@H]([C@H]2C(=O)N[C@H](C(=O)C(N)=O)CCCCCCCCCC1(C)C)C3(C)C.CC1(C)CCCCCCCCC[C@@H](C(=O)C(N)=O)NC(=O)[C@@H]2[C@@H]3C(CN2C(=O)[C@H]1N)C3(C)C.COO. The summed E-state index contributed by atoms with van der Waals surface area (Å²) < 4.78 is 0. The molecule has 0 bridgehead atoms. The predicted molar refractivity (Wildman–Crippen MR) is 288 cm³/mol. The number of Topliss-reactive ketones (excluding diaryl/α,β-unsaturated/α-hetero) is 2. The molecule has 10 atom stereocenters. The molecule has 4 saturated heterocycles. The Hall–Kier alpha value is -4.69. The number of carbonyl (C=O) groups is 9. The van der Waals surface area contributed by atoms with Crippen LogP contribution in [0.5, 0.6) is 0 Å². The normalized spacial score (nSPS) is 31.9. The monoisotopic (exact) mass is 1070 g/mol. The van der Waals surface area contributed by atoms with Crippen LogP contribution in [0.25, 0.3) is 0 Å². The summed E-state index contributed by atoms with van der Waals surface area (Å²) in [6.45, 7) is 23.0. The molecule has 11 N–H and O–H groups in total. The first kappa shape index (κ1) is 63.8. The topological polar surface area (TPSA) is 316 Å². The van der Waals surface area contributed by atoms with Gasteiger partial charge < -0.3 is 48.3 Å². The fourth-order valence-corrected chi connectivity index (χ4v) is 12.7. The lowest BCUT2D eigenvalue weighted by Crippen LogP contribution is -2.62. The molecule has 20 heteroatoms. The molecule has 6 fully saturated rings. The second-order valence-electron chi connectivity index (χ2n) is 26.3. The molecule has 0 aromatic rings. The predicted octanol–water partition coefficient (Wildman–Crippen LogP) is 5.02. The molecule has 6 aliphatic rings. The number of nitrogens with one attached hydrogen (secondary N) is 4. The Morgan fingerprint density at radius 3 is 1.30 bits per heavy atom. The van der Waals surface area contributed by atoms with Crippen molar-refractivity contribution in [3.63, 3.8) is 0 Å². The van der Waals surface area contributed by atoms with Crippen molar-refractivity contribution in [2.24, 2.45) is 62.5 Å². The first-order valence-corrected chi connectivity index (χ1v) is 28.2. The van der Waals surface area contributed by atoms with Crippen molar-refractivity contribution < 1.29 is 53.3 Å². The Bertz CT molecular complexity index is 2100. The zero-order chi connectivity index (χ0) is 57.3. The van der Waals surface area contributed by atoms with E-state index in [0.29, 0.717) is 32.4 Å². The number of nitrogens with zero attached hydrogens (tertiary/aromatic N) is 2. The molecule has 6 rings (SSSR count). The highest BCUT2D eigenvalue weighted by atomic mass is 17.1. The molecular formula is C56H97N9O11. The molecule has 0 radical (unpaired) electrons. The van der Waals surface area contributed by atoms with Gasteiger partial charge in [0.05, 0.1) is 25.2 Å². The maximum absolute atomic E-state index is 14.3. The Morgan fingerprint density at radius 2 is 0.934 bits per heavy atom. The summed E-state index contributed by atoms with van der Waals surface area (Å²) >= 11 is 0. The number of hydrogen-bond acceptors (Lipinski definition) is 12. The van der Waals surface area contributed by atoms with Gasteiger partial charge in [0.25, 0.3) is 11.8 Å². The minimum absolute atomic E-state index is 0.0168. The number of carbonyl (C=O) groups excluding carboxylic acids is 9. The number of rotatable bonds is 5. The van der Waals surface area contributed by atoms with Crippen molar-refractivity contribution >= 4 is 53.0 Å². The van der Waals surface area contributed by atoms with E-state index in [1.54, 1.807) is 9.80 Å². The fourth-order valence-electron chi connectivity index (χ4n) is 12.7. The van der Waals surface area contributed by atoms with Crippen LogP contribution >= 0.6 is 0 Å². The first-order chi connectivity index (χ1) is 35.3. The lowest BCUT2D eigenvalue weighted by atomic mass is 9.78. The molecule has 4 aliphatic heterocycles. The molecule has 76 heavy (non-hydrogen) atoms. The molecule has 0 aromatic heterocycles. The van der Waals surface area contributed by atoms with Crippen LogP contribution in [-0.2, 0) is 43.2 Å². The van der Waals surface area contributed by atoms with Gasteiger partial charge in [-0.1, -0.05) is 145 Å². The molecule has 2 saturated carbocycles. The lowest BCUT2D eigenvalue weighted by molar-refractivity contribution is -0.214. The summed E-state index contributed by atoms with van der Waals surface area (Å²) in [5, 5.41) is 18.5. The van der Waals surface area contributed by atoms with Gasteiger partial charge in [0.1, 0.15) is 18.1 Å². The third-order valence-corrected chi connectivity index (χ3v) is 17.8. The maximum atomic E-state index is 14.3. The van der Waals surface area contributed by atoms with Crippen LogP contribution in [0.1, 0.15) is 192 Å². The van der Waals surface area contributed by atoms with Crippen molar-refractivity contribution in [3.05, 3.63) is 0 Å². The third kappa shape index (κ3) is 16.0. The Morgan fingerprint density at radius 1 is 0.592 bits per heavy atom. The Balaban J connectivity index is 0.000000317. The summed E-state index contributed by atoms with van der Waals surface area (Å²) in [6.07, 6.45) is 16.0. The smallest absolute Gasteiger partial charge is 0.315 e. The van der Waals surface area contributed by atoms with E-state index in [9.17, 15) is 43.2 Å². The molecule has 2 aliphatic carbocycles. The third-order valence-electron chi connectivity index (χ3n) is 17.8. The van der Waals surface area contributed by atoms with Crippen LogP contribution in [0, 0.1) is 45.3 Å². The average molecular weight is 1070 g/mol.